The maximum atomic E-state index is 12.0. The number of aromatic nitrogens is 2. The van der Waals surface area contributed by atoms with Crippen LogP contribution in [0.25, 0.3) is 0 Å². The first-order chi connectivity index (χ1) is 9.94. The van der Waals surface area contributed by atoms with Crippen molar-refractivity contribution in [2.75, 3.05) is 26.2 Å². The molecule has 1 saturated heterocycles. The highest BCUT2D eigenvalue weighted by Gasteiger charge is 2.21. The molecule has 0 bridgehead atoms. The second kappa shape index (κ2) is 7.07. The van der Waals surface area contributed by atoms with Crippen molar-refractivity contribution in [1.82, 2.24) is 20.0 Å². The lowest BCUT2D eigenvalue weighted by Crippen LogP contribution is -2.43. The summed E-state index contributed by atoms with van der Waals surface area (Å²) in [7, 11) is 0. The van der Waals surface area contributed by atoms with Gasteiger partial charge in [0.25, 0.3) is 0 Å². The lowest BCUT2D eigenvalue weighted by Gasteiger charge is -2.34. The standard InChI is InChI=1S/C16H28N4O/c1-12-7-13(2)10-19(9-12)6-5-17-16(21)11-20-15(4)8-14(3)18-20/h8,12-13H,5-7,9-11H2,1-4H3,(H,17,21)/t12-,13-/m1/s1. The van der Waals surface area contributed by atoms with Gasteiger partial charge < -0.3 is 10.2 Å². The Bertz CT molecular complexity index is 473. The summed E-state index contributed by atoms with van der Waals surface area (Å²) >= 11 is 0. The van der Waals surface area contributed by atoms with Crippen molar-refractivity contribution in [2.45, 2.75) is 40.7 Å². The van der Waals surface area contributed by atoms with Crippen molar-refractivity contribution in [3.8, 4) is 0 Å². The van der Waals surface area contributed by atoms with E-state index in [4.69, 9.17) is 0 Å². The van der Waals surface area contributed by atoms with Gasteiger partial charge in [0.15, 0.2) is 0 Å². The van der Waals surface area contributed by atoms with Crippen molar-refractivity contribution in [3.05, 3.63) is 17.5 Å². The normalized spacial score (nSPS) is 23.2. The van der Waals surface area contributed by atoms with Gasteiger partial charge in [0.1, 0.15) is 6.54 Å². The van der Waals surface area contributed by atoms with Gasteiger partial charge in [0.2, 0.25) is 5.91 Å². The topological polar surface area (TPSA) is 50.2 Å². The molecular formula is C16H28N4O. The third kappa shape index (κ3) is 4.84. The number of carbonyl (C=O) groups is 1. The Morgan fingerprint density at radius 3 is 2.57 bits per heavy atom. The van der Waals surface area contributed by atoms with Crippen molar-refractivity contribution in [1.29, 1.82) is 0 Å². The second-order valence-electron chi connectivity index (χ2n) is 6.64. The molecule has 2 heterocycles. The van der Waals surface area contributed by atoms with Crippen LogP contribution < -0.4 is 5.32 Å². The molecular weight excluding hydrogens is 264 g/mol. The highest BCUT2D eigenvalue weighted by molar-refractivity contribution is 5.75. The summed E-state index contributed by atoms with van der Waals surface area (Å²) < 4.78 is 1.76. The van der Waals surface area contributed by atoms with E-state index >= 15 is 0 Å². The van der Waals surface area contributed by atoms with E-state index in [-0.39, 0.29) is 5.91 Å². The molecule has 21 heavy (non-hydrogen) atoms. The summed E-state index contributed by atoms with van der Waals surface area (Å²) in [4.78, 5) is 14.4. The van der Waals surface area contributed by atoms with Crippen molar-refractivity contribution in [2.24, 2.45) is 11.8 Å². The smallest absolute Gasteiger partial charge is 0.241 e. The van der Waals surface area contributed by atoms with Crippen LogP contribution in [0, 0.1) is 25.7 Å². The summed E-state index contributed by atoms with van der Waals surface area (Å²) in [6.07, 6.45) is 1.32. The van der Waals surface area contributed by atoms with Gasteiger partial charge >= 0.3 is 0 Å². The highest BCUT2D eigenvalue weighted by atomic mass is 16.2. The summed E-state index contributed by atoms with van der Waals surface area (Å²) in [6, 6.07) is 1.99. The maximum absolute atomic E-state index is 12.0. The van der Waals surface area contributed by atoms with Crippen LogP contribution in [0.15, 0.2) is 6.07 Å². The first kappa shape index (κ1) is 16.0. The molecule has 0 saturated carbocycles. The zero-order valence-electron chi connectivity index (χ0n) is 13.7. The molecule has 1 aliphatic heterocycles. The minimum absolute atomic E-state index is 0.0410. The minimum Gasteiger partial charge on any atom is -0.353 e. The number of hydrogen-bond donors (Lipinski definition) is 1. The van der Waals surface area contributed by atoms with Crippen LogP contribution in [-0.2, 0) is 11.3 Å². The number of nitrogens with zero attached hydrogens (tertiary/aromatic N) is 3. The van der Waals surface area contributed by atoms with Gasteiger partial charge in [-0.05, 0) is 38.2 Å². The average molecular weight is 292 g/mol. The number of hydrogen-bond acceptors (Lipinski definition) is 3. The third-order valence-corrected chi connectivity index (χ3v) is 4.09. The Kier molecular flexibility index (Phi) is 5.39. The fourth-order valence-electron chi connectivity index (χ4n) is 3.35. The average Bonchev–Trinajstić information content (AvgIpc) is 2.66. The molecule has 1 N–H and O–H groups in total. The summed E-state index contributed by atoms with van der Waals surface area (Å²) in [5, 5.41) is 7.32. The van der Waals surface area contributed by atoms with E-state index in [2.05, 4.69) is 29.2 Å². The Morgan fingerprint density at radius 2 is 2.00 bits per heavy atom. The Morgan fingerprint density at radius 1 is 1.33 bits per heavy atom. The molecule has 2 atom stereocenters. The van der Waals surface area contributed by atoms with Gasteiger partial charge in [-0.25, -0.2) is 0 Å². The van der Waals surface area contributed by atoms with Crippen LogP contribution in [0.4, 0.5) is 0 Å². The van der Waals surface area contributed by atoms with E-state index in [1.807, 2.05) is 19.9 Å². The van der Waals surface area contributed by atoms with Gasteiger partial charge in [-0.3, -0.25) is 9.48 Å². The van der Waals surface area contributed by atoms with Crippen LogP contribution in [0.2, 0.25) is 0 Å². The van der Waals surface area contributed by atoms with Gasteiger partial charge in [-0.1, -0.05) is 13.8 Å². The number of piperidine rings is 1. The zero-order valence-corrected chi connectivity index (χ0v) is 13.7. The molecule has 0 aromatic carbocycles. The summed E-state index contributed by atoms with van der Waals surface area (Å²) in [6.45, 7) is 12.8. The molecule has 2 rings (SSSR count). The lowest BCUT2D eigenvalue weighted by atomic mass is 9.92. The molecule has 118 valence electrons. The van der Waals surface area contributed by atoms with Crippen molar-refractivity contribution >= 4 is 5.91 Å². The van der Waals surface area contributed by atoms with Crippen LogP contribution in [0.5, 0.6) is 0 Å². The summed E-state index contributed by atoms with van der Waals surface area (Å²) in [5.41, 5.74) is 1.98. The Labute approximate surface area is 127 Å². The van der Waals surface area contributed by atoms with Gasteiger partial charge in [-0.2, -0.15) is 5.10 Å². The van der Waals surface area contributed by atoms with E-state index in [1.165, 1.54) is 6.42 Å². The number of carbonyl (C=O) groups excluding carboxylic acids is 1. The molecule has 5 heteroatoms. The summed E-state index contributed by atoms with van der Waals surface area (Å²) in [5.74, 6) is 1.57. The second-order valence-corrected chi connectivity index (χ2v) is 6.64. The Balaban J connectivity index is 1.71. The predicted octanol–water partition coefficient (Wildman–Crippen LogP) is 1.59. The molecule has 0 radical (unpaired) electrons. The lowest BCUT2D eigenvalue weighted by molar-refractivity contribution is -0.121. The molecule has 5 nitrogen and oxygen atoms in total. The van der Waals surface area contributed by atoms with E-state index in [0.717, 1.165) is 49.4 Å². The molecule has 0 spiro atoms. The van der Waals surface area contributed by atoms with E-state index in [1.54, 1.807) is 4.68 Å². The number of rotatable bonds is 5. The van der Waals surface area contributed by atoms with Gasteiger partial charge in [0.05, 0.1) is 5.69 Å². The van der Waals surface area contributed by atoms with Crippen LogP contribution in [-0.4, -0.2) is 46.8 Å². The molecule has 1 aromatic rings. The number of aryl methyl sites for hydroxylation is 2. The van der Waals surface area contributed by atoms with Crippen LogP contribution in [0.3, 0.4) is 0 Å². The SMILES string of the molecule is Cc1cc(C)n(CC(=O)NCCN2C[C@H](C)C[C@@H](C)C2)n1. The quantitative estimate of drug-likeness (QED) is 0.897. The van der Waals surface area contributed by atoms with Crippen molar-refractivity contribution in [3.63, 3.8) is 0 Å². The molecule has 0 unspecified atom stereocenters. The third-order valence-electron chi connectivity index (χ3n) is 4.09. The molecule has 0 aliphatic carbocycles. The monoisotopic (exact) mass is 292 g/mol. The van der Waals surface area contributed by atoms with Crippen molar-refractivity contribution < 1.29 is 4.79 Å². The van der Waals surface area contributed by atoms with Crippen LogP contribution in [0.1, 0.15) is 31.7 Å². The Hall–Kier alpha value is -1.36. The van der Waals surface area contributed by atoms with Gasteiger partial charge in [-0.15, -0.1) is 0 Å². The minimum atomic E-state index is 0.0410. The first-order valence-corrected chi connectivity index (χ1v) is 7.94. The largest absolute Gasteiger partial charge is 0.353 e. The number of nitrogens with one attached hydrogen (secondary N) is 1. The maximum Gasteiger partial charge on any atom is 0.241 e. The van der Waals surface area contributed by atoms with E-state index in [0.29, 0.717) is 6.54 Å². The van der Waals surface area contributed by atoms with E-state index < -0.39 is 0 Å². The fourth-order valence-corrected chi connectivity index (χ4v) is 3.35. The molecule has 1 aliphatic rings. The number of amides is 1. The van der Waals surface area contributed by atoms with Gasteiger partial charge in [0, 0.05) is 31.9 Å². The fraction of sp³-hybridized carbons (Fsp3) is 0.750. The van der Waals surface area contributed by atoms with E-state index in [9.17, 15) is 4.79 Å². The first-order valence-electron chi connectivity index (χ1n) is 7.94. The molecule has 1 amide bonds. The zero-order chi connectivity index (χ0) is 15.4. The molecule has 1 fully saturated rings. The number of likely N-dealkylation sites (tertiary alicyclic amines) is 1. The molecule has 1 aromatic heterocycles. The predicted molar refractivity (Wildman–Crippen MR) is 84.1 cm³/mol. The van der Waals surface area contributed by atoms with Crippen LogP contribution >= 0.6 is 0 Å². The highest BCUT2D eigenvalue weighted by Crippen LogP contribution is 2.20.